The van der Waals surface area contributed by atoms with Crippen LogP contribution in [0.5, 0.6) is 23.0 Å². The molecule has 0 amide bonds. The number of nitrogens with one attached hydrogen (secondary N) is 1. The third-order valence-electron chi connectivity index (χ3n) is 3.91. The van der Waals surface area contributed by atoms with Gasteiger partial charge in [0.05, 0.1) is 4.99 Å². The summed E-state index contributed by atoms with van der Waals surface area (Å²) in [5.74, 6) is -1.54. The van der Waals surface area contributed by atoms with E-state index in [1.54, 1.807) is 45.1 Å². The van der Waals surface area contributed by atoms with Crippen LogP contribution in [0.2, 0.25) is 0 Å². The number of thiocarbonyl (C=S) groups is 1. The zero-order valence-corrected chi connectivity index (χ0v) is 17.7. The summed E-state index contributed by atoms with van der Waals surface area (Å²) in [6.07, 6.45) is 3.33. The largest absolute Gasteiger partial charge is 0.504 e. The van der Waals surface area contributed by atoms with Crippen LogP contribution < -0.4 is 5.32 Å². The maximum Gasteiger partial charge on any atom is 0.329 e. The van der Waals surface area contributed by atoms with E-state index in [4.69, 9.17) is 17.0 Å². The molecular formula is C22H25NO6S. The van der Waals surface area contributed by atoms with Gasteiger partial charge in [0.1, 0.15) is 11.6 Å². The number of rotatable bonds is 6. The molecule has 0 unspecified atom stereocenters. The van der Waals surface area contributed by atoms with Gasteiger partial charge in [0, 0.05) is 6.42 Å². The van der Waals surface area contributed by atoms with Gasteiger partial charge in [-0.15, -0.1) is 0 Å². The average molecular weight is 432 g/mol. The van der Waals surface area contributed by atoms with Crippen molar-refractivity contribution in [3.8, 4) is 23.0 Å². The molecular weight excluding hydrogens is 406 g/mol. The van der Waals surface area contributed by atoms with Gasteiger partial charge in [-0.1, -0.05) is 30.4 Å². The molecule has 2 aromatic carbocycles. The lowest BCUT2D eigenvalue weighted by Gasteiger charge is -2.25. The highest BCUT2D eigenvalue weighted by Gasteiger charge is 2.26. The molecule has 0 saturated heterocycles. The van der Waals surface area contributed by atoms with E-state index < -0.39 is 17.6 Å². The van der Waals surface area contributed by atoms with Gasteiger partial charge in [0.2, 0.25) is 0 Å². The standard InChI is InChI=1S/C22H25NO6S/c1-22(2,3)29-21(28)15(10-14-5-8-17(25)19(27)12-14)23-20(30)9-6-13-4-7-16(24)18(26)11-13/h4-9,11-12,15,24-27H,10H2,1-3H3,(H,23,30)/b9-6+/t15-/m1/s1. The number of esters is 1. The fourth-order valence-electron chi connectivity index (χ4n) is 2.53. The number of hydrogen-bond donors (Lipinski definition) is 5. The Morgan fingerprint density at radius 1 is 1.03 bits per heavy atom. The zero-order chi connectivity index (χ0) is 22.5. The minimum atomic E-state index is -0.835. The highest BCUT2D eigenvalue weighted by Crippen LogP contribution is 2.26. The van der Waals surface area contributed by atoms with Crippen LogP contribution in [-0.4, -0.2) is 43.0 Å². The molecule has 0 saturated carbocycles. The summed E-state index contributed by atoms with van der Waals surface area (Å²) in [5.41, 5.74) is 0.505. The molecule has 0 aliphatic carbocycles. The van der Waals surface area contributed by atoms with Crippen molar-refractivity contribution in [3.63, 3.8) is 0 Å². The van der Waals surface area contributed by atoms with Gasteiger partial charge in [-0.3, -0.25) is 0 Å². The summed E-state index contributed by atoms with van der Waals surface area (Å²) < 4.78 is 5.46. The molecule has 0 aliphatic rings. The molecule has 1 atom stereocenters. The quantitative estimate of drug-likeness (QED) is 0.204. The second-order valence-corrected chi connectivity index (χ2v) is 8.14. The predicted octanol–water partition coefficient (Wildman–Crippen LogP) is 3.39. The van der Waals surface area contributed by atoms with Crippen LogP contribution in [-0.2, 0) is 16.0 Å². The predicted molar refractivity (Wildman–Crippen MR) is 118 cm³/mol. The van der Waals surface area contributed by atoms with Gasteiger partial charge in [0.25, 0.3) is 0 Å². The van der Waals surface area contributed by atoms with Crippen molar-refractivity contribution in [1.82, 2.24) is 5.32 Å². The van der Waals surface area contributed by atoms with E-state index in [1.807, 2.05) is 0 Å². The van der Waals surface area contributed by atoms with Crippen molar-refractivity contribution in [1.29, 1.82) is 0 Å². The topological polar surface area (TPSA) is 119 Å². The van der Waals surface area contributed by atoms with Crippen molar-refractivity contribution in [2.75, 3.05) is 0 Å². The SMILES string of the molecule is CC(C)(C)OC(=O)[C@@H](Cc1ccc(O)c(O)c1)NC(=S)/C=C/c1ccc(O)c(O)c1. The third-order valence-corrected chi connectivity index (χ3v) is 4.17. The van der Waals surface area contributed by atoms with Crippen LogP contribution in [0.25, 0.3) is 6.08 Å². The van der Waals surface area contributed by atoms with E-state index in [-0.39, 0.29) is 34.4 Å². The first kappa shape index (κ1) is 23.0. The van der Waals surface area contributed by atoms with Gasteiger partial charge in [0.15, 0.2) is 23.0 Å². The number of ether oxygens (including phenoxy) is 1. The molecule has 0 aliphatic heterocycles. The summed E-state index contributed by atoms with van der Waals surface area (Å²) >= 11 is 5.30. The van der Waals surface area contributed by atoms with Crippen LogP contribution in [0.15, 0.2) is 42.5 Å². The van der Waals surface area contributed by atoms with Crippen molar-refractivity contribution < 1.29 is 30.0 Å². The van der Waals surface area contributed by atoms with E-state index >= 15 is 0 Å². The minimum absolute atomic E-state index is 0.163. The van der Waals surface area contributed by atoms with E-state index in [0.717, 1.165) is 0 Å². The normalized spacial score (nSPS) is 12.5. The average Bonchev–Trinajstić information content (AvgIpc) is 2.63. The summed E-state index contributed by atoms with van der Waals surface area (Å²) in [6, 6.07) is 7.79. The second kappa shape index (κ2) is 9.49. The summed E-state index contributed by atoms with van der Waals surface area (Å²) in [7, 11) is 0. The summed E-state index contributed by atoms with van der Waals surface area (Å²) in [6.45, 7) is 5.26. The van der Waals surface area contributed by atoms with E-state index in [1.165, 1.54) is 24.3 Å². The molecule has 0 aromatic heterocycles. The highest BCUT2D eigenvalue weighted by molar-refractivity contribution is 7.80. The molecule has 0 heterocycles. The molecule has 2 aromatic rings. The summed E-state index contributed by atoms with van der Waals surface area (Å²) in [5, 5.41) is 41.1. The fraction of sp³-hybridized carbons (Fsp3) is 0.273. The molecule has 5 N–H and O–H groups in total. The van der Waals surface area contributed by atoms with Crippen LogP contribution in [0.4, 0.5) is 0 Å². The van der Waals surface area contributed by atoms with E-state index in [2.05, 4.69) is 5.32 Å². The number of phenols is 4. The van der Waals surface area contributed by atoms with E-state index in [0.29, 0.717) is 11.1 Å². The molecule has 8 heteroatoms. The van der Waals surface area contributed by atoms with Crippen molar-refractivity contribution in [2.24, 2.45) is 0 Å². The maximum atomic E-state index is 12.7. The second-order valence-electron chi connectivity index (χ2n) is 7.70. The first-order chi connectivity index (χ1) is 13.9. The van der Waals surface area contributed by atoms with Crippen LogP contribution >= 0.6 is 12.2 Å². The van der Waals surface area contributed by atoms with Gasteiger partial charge in [-0.05, 0) is 62.2 Å². The van der Waals surface area contributed by atoms with Crippen LogP contribution in [0.1, 0.15) is 31.9 Å². The first-order valence-electron chi connectivity index (χ1n) is 9.19. The molecule has 0 radical (unpaired) electrons. The number of aromatic hydroxyl groups is 4. The number of hydrogen-bond acceptors (Lipinski definition) is 7. The van der Waals surface area contributed by atoms with Gasteiger partial charge in [-0.2, -0.15) is 0 Å². The number of phenolic OH excluding ortho intramolecular Hbond substituents is 4. The molecule has 7 nitrogen and oxygen atoms in total. The smallest absolute Gasteiger partial charge is 0.329 e. The Morgan fingerprint density at radius 3 is 2.20 bits per heavy atom. The van der Waals surface area contributed by atoms with Gasteiger partial charge < -0.3 is 30.5 Å². The lowest BCUT2D eigenvalue weighted by atomic mass is 10.0. The Labute approximate surface area is 180 Å². The first-order valence-corrected chi connectivity index (χ1v) is 9.60. The third kappa shape index (κ3) is 6.97. The van der Waals surface area contributed by atoms with Crippen LogP contribution in [0.3, 0.4) is 0 Å². The summed E-state index contributed by atoms with van der Waals surface area (Å²) in [4.78, 5) is 12.9. The maximum absolute atomic E-state index is 12.7. The molecule has 0 fully saturated rings. The van der Waals surface area contributed by atoms with Crippen molar-refractivity contribution in [3.05, 3.63) is 53.6 Å². The highest BCUT2D eigenvalue weighted by atomic mass is 32.1. The van der Waals surface area contributed by atoms with Gasteiger partial charge in [-0.25, -0.2) is 4.79 Å². The Balaban J connectivity index is 2.17. The number of carbonyl (C=O) groups excluding carboxylic acids is 1. The Morgan fingerprint density at radius 2 is 1.63 bits per heavy atom. The number of benzene rings is 2. The lowest BCUT2D eigenvalue weighted by molar-refractivity contribution is -0.157. The molecule has 0 spiro atoms. The zero-order valence-electron chi connectivity index (χ0n) is 16.9. The fourth-order valence-corrected chi connectivity index (χ4v) is 2.74. The molecule has 2 rings (SSSR count). The molecule has 160 valence electrons. The van der Waals surface area contributed by atoms with E-state index in [9.17, 15) is 25.2 Å². The van der Waals surface area contributed by atoms with Crippen molar-refractivity contribution in [2.45, 2.75) is 38.8 Å². The lowest BCUT2D eigenvalue weighted by Crippen LogP contribution is -2.44. The molecule has 0 bridgehead atoms. The number of carbonyl (C=O) groups is 1. The Bertz CT molecular complexity index is 965. The minimum Gasteiger partial charge on any atom is -0.504 e. The van der Waals surface area contributed by atoms with Crippen molar-refractivity contribution >= 4 is 29.3 Å². The Kier molecular flexibility index (Phi) is 7.28. The monoisotopic (exact) mass is 431 g/mol. The molecule has 30 heavy (non-hydrogen) atoms. The van der Waals surface area contributed by atoms with Gasteiger partial charge >= 0.3 is 5.97 Å². The van der Waals surface area contributed by atoms with Crippen LogP contribution in [0, 0.1) is 0 Å². The Hall–Kier alpha value is -3.26.